The van der Waals surface area contributed by atoms with Crippen LogP contribution in [0.3, 0.4) is 0 Å². The Morgan fingerprint density at radius 3 is 2.22 bits per heavy atom. The molecule has 0 bridgehead atoms. The Morgan fingerprint density at radius 2 is 1.72 bits per heavy atom. The Balaban J connectivity index is 3.62. The molecule has 0 fully saturated rings. The van der Waals surface area contributed by atoms with Crippen molar-refractivity contribution in [1.29, 1.82) is 0 Å². The summed E-state index contributed by atoms with van der Waals surface area (Å²) in [4.78, 5) is 53.3. The van der Waals surface area contributed by atoms with E-state index in [2.05, 4.69) is 16.6 Å². The van der Waals surface area contributed by atoms with Gasteiger partial charge in [-0.3, -0.25) is 14.4 Å². The van der Waals surface area contributed by atoms with Gasteiger partial charge >= 0.3 is 6.09 Å². The van der Waals surface area contributed by atoms with Crippen molar-refractivity contribution in [2.45, 2.75) is 91.0 Å². The molecule has 0 aliphatic carbocycles. The molecule has 1 aromatic rings. The molecule has 0 spiro atoms. The summed E-state index contributed by atoms with van der Waals surface area (Å²) in [6.07, 6.45) is 5.98. The minimum atomic E-state index is -1.36. The number of primary amides is 1. The Kier molecular flexibility index (Phi) is 11.0. The van der Waals surface area contributed by atoms with E-state index in [9.17, 15) is 19.2 Å². The Bertz CT molecular complexity index is 985. The molecule has 1 aromatic carbocycles. The van der Waals surface area contributed by atoms with Crippen molar-refractivity contribution in [2.75, 3.05) is 6.54 Å². The van der Waals surface area contributed by atoms with Gasteiger partial charge in [0.15, 0.2) is 0 Å². The van der Waals surface area contributed by atoms with Crippen LogP contribution in [0.1, 0.15) is 84.9 Å². The first-order valence-electron chi connectivity index (χ1n) is 12.1. The fraction of sp³-hybridized carbons (Fsp3) is 0.556. The number of ether oxygens (including phenoxy) is 1. The summed E-state index contributed by atoms with van der Waals surface area (Å²) in [7, 11) is 0. The standard InChI is InChI=1S/C27H40N4O5/c1-9-11-16-29-23(33)22(19-15-13-12-14-18(19)10-2)31(26(3,4)5)24(34)20(17-21(28)32)30-25(35)36-27(6,7)8/h2,12-15,20,22H,9,11,16-17H2,1,3-8H3,(H2,28,32)(H,29,33)(H,30,35). The van der Waals surface area contributed by atoms with Crippen LogP contribution in [0.15, 0.2) is 24.3 Å². The van der Waals surface area contributed by atoms with Crippen molar-refractivity contribution in [3.8, 4) is 12.3 Å². The zero-order valence-corrected chi connectivity index (χ0v) is 22.4. The van der Waals surface area contributed by atoms with E-state index in [1.165, 1.54) is 4.90 Å². The maximum Gasteiger partial charge on any atom is 0.408 e. The Labute approximate surface area is 214 Å². The van der Waals surface area contributed by atoms with Crippen LogP contribution in [0.4, 0.5) is 4.79 Å². The van der Waals surface area contributed by atoms with E-state index in [1.807, 2.05) is 6.92 Å². The lowest BCUT2D eigenvalue weighted by molar-refractivity contribution is -0.149. The van der Waals surface area contributed by atoms with Gasteiger partial charge in [-0.15, -0.1) is 6.42 Å². The van der Waals surface area contributed by atoms with Crippen molar-refractivity contribution in [1.82, 2.24) is 15.5 Å². The molecule has 0 aliphatic rings. The first kappa shape index (κ1) is 30.5. The molecule has 0 heterocycles. The fourth-order valence-electron chi connectivity index (χ4n) is 3.61. The number of alkyl carbamates (subject to hydrolysis) is 1. The van der Waals surface area contributed by atoms with E-state index in [0.29, 0.717) is 17.7 Å². The number of hydrogen-bond acceptors (Lipinski definition) is 5. The molecule has 0 radical (unpaired) electrons. The van der Waals surface area contributed by atoms with Crippen molar-refractivity contribution in [3.05, 3.63) is 35.4 Å². The lowest BCUT2D eigenvalue weighted by Crippen LogP contribution is -2.59. The lowest BCUT2D eigenvalue weighted by atomic mass is 9.92. The second-order valence-electron chi connectivity index (χ2n) is 10.5. The highest BCUT2D eigenvalue weighted by molar-refractivity contribution is 5.95. The third kappa shape index (κ3) is 9.25. The smallest absolute Gasteiger partial charge is 0.408 e. The maximum absolute atomic E-state index is 14.0. The van der Waals surface area contributed by atoms with E-state index in [1.54, 1.807) is 65.8 Å². The van der Waals surface area contributed by atoms with E-state index < -0.39 is 53.5 Å². The summed E-state index contributed by atoms with van der Waals surface area (Å²) in [6.45, 7) is 12.7. The van der Waals surface area contributed by atoms with Crippen LogP contribution < -0.4 is 16.4 Å². The van der Waals surface area contributed by atoms with Crippen LogP contribution >= 0.6 is 0 Å². The summed E-state index contributed by atoms with van der Waals surface area (Å²) in [5, 5.41) is 5.35. The predicted octanol–water partition coefficient (Wildman–Crippen LogP) is 3.02. The van der Waals surface area contributed by atoms with Gasteiger partial charge in [0.25, 0.3) is 0 Å². The van der Waals surface area contributed by atoms with Gasteiger partial charge in [0.1, 0.15) is 17.7 Å². The third-order valence-electron chi connectivity index (χ3n) is 5.10. The van der Waals surface area contributed by atoms with Gasteiger partial charge < -0.3 is 26.0 Å². The van der Waals surface area contributed by atoms with Gasteiger partial charge in [0, 0.05) is 17.6 Å². The minimum Gasteiger partial charge on any atom is -0.444 e. The number of benzene rings is 1. The maximum atomic E-state index is 14.0. The topological polar surface area (TPSA) is 131 Å². The molecule has 0 aromatic heterocycles. The normalized spacial score (nSPS) is 13.1. The molecule has 0 aliphatic heterocycles. The first-order chi connectivity index (χ1) is 16.6. The number of carbonyl (C=O) groups is 4. The number of amides is 4. The average Bonchev–Trinajstić information content (AvgIpc) is 2.74. The molecule has 36 heavy (non-hydrogen) atoms. The molecule has 9 heteroatoms. The predicted molar refractivity (Wildman–Crippen MR) is 139 cm³/mol. The first-order valence-corrected chi connectivity index (χ1v) is 12.1. The summed E-state index contributed by atoms with van der Waals surface area (Å²) in [5.41, 5.74) is 4.56. The Morgan fingerprint density at radius 1 is 1.11 bits per heavy atom. The van der Waals surface area contributed by atoms with Crippen LogP contribution in [-0.4, -0.2) is 52.4 Å². The largest absolute Gasteiger partial charge is 0.444 e. The highest BCUT2D eigenvalue weighted by atomic mass is 16.6. The number of rotatable bonds is 10. The highest BCUT2D eigenvalue weighted by Crippen LogP contribution is 2.32. The van der Waals surface area contributed by atoms with E-state index in [0.717, 1.165) is 12.8 Å². The quantitative estimate of drug-likeness (QED) is 0.336. The average molecular weight is 501 g/mol. The number of terminal acetylenes is 1. The SMILES string of the molecule is C#Cc1ccccc1C(C(=O)NCCCC)N(C(=O)C(CC(N)=O)NC(=O)OC(C)(C)C)C(C)(C)C. The number of nitrogens with two attached hydrogens (primary N) is 1. The number of unbranched alkanes of at least 4 members (excludes halogenated alkanes) is 1. The molecule has 4 amide bonds. The number of nitrogens with one attached hydrogen (secondary N) is 2. The lowest BCUT2D eigenvalue weighted by Gasteiger charge is -2.43. The van der Waals surface area contributed by atoms with Crippen LogP contribution in [0, 0.1) is 12.3 Å². The monoisotopic (exact) mass is 500 g/mol. The molecule has 0 saturated carbocycles. The molecule has 1 rings (SSSR count). The minimum absolute atomic E-state index is 0.414. The van der Waals surface area contributed by atoms with Gasteiger partial charge in [-0.2, -0.15) is 0 Å². The number of carbonyl (C=O) groups excluding carboxylic acids is 4. The van der Waals surface area contributed by atoms with Crippen LogP contribution in [-0.2, 0) is 19.1 Å². The van der Waals surface area contributed by atoms with Crippen LogP contribution in [0.25, 0.3) is 0 Å². The molecular weight excluding hydrogens is 460 g/mol. The molecule has 2 unspecified atom stereocenters. The van der Waals surface area contributed by atoms with Crippen molar-refractivity contribution in [2.24, 2.45) is 5.73 Å². The zero-order chi connectivity index (χ0) is 27.7. The summed E-state index contributed by atoms with van der Waals surface area (Å²) in [6, 6.07) is 4.36. The van der Waals surface area contributed by atoms with Gasteiger partial charge in [-0.25, -0.2) is 4.79 Å². The van der Waals surface area contributed by atoms with Crippen molar-refractivity contribution >= 4 is 23.8 Å². The second-order valence-corrected chi connectivity index (χ2v) is 10.5. The number of nitrogens with zero attached hydrogens (tertiary/aromatic N) is 1. The van der Waals surface area contributed by atoms with E-state index in [-0.39, 0.29) is 0 Å². The molecule has 0 saturated heterocycles. The third-order valence-corrected chi connectivity index (χ3v) is 5.10. The van der Waals surface area contributed by atoms with Crippen LogP contribution in [0.2, 0.25) is 0 Å². The van der Waals surface area contributed by atoms with Gasteiger partial charge in [-0.1, -0.05) is 37.5 Å². The van der Waals surface area contributed by atoms with E-state index in [4.69, 9.17) is 16.9 Å². The zero-order valence-electron chi connectivity index (χ0n) is 22.4. The van der Waals surface area contributed by atoms with E-state index >= 15 is 0 Å². The molecule has 2 atom stereocenters. The van der Waals surface area contributed by atoms with Gasteiger partial charge in [-0.05, 0) is 59.6 Å². The summed E-state index contributed by atoms with van der Waals surface area (Å²) in [5.74, 6) is 0.683. The van der Waals surface area contributed by atoms with Gasteiger partial charge in [0.05, 0.1) is 6.42 Å². The molecule has 198 valence electrons. The second kappa shape index (κ2) is 13.0. The summed E-state index contributed by atoms with van der Waals surface area (Å²) >= 11 is 0. The van der Waals surface area contributed by atoms with Crippen LogP contribution in [0.5, 0.6) is 0 Å². The molecule has 4 N–H and O–H groups in total. The van der Waals surface area contributed by atoms with Gasteiger partial charge in [0.2, 0.25) is 17.7 Å². The summed E-state index contributed by atoms with van der Waals surface area (Å²) < 4.78 is 5.28. The fourth-order valence-corrected chi connectivity index (χ4v) is 3.61. The van der Waals surface area contributed by atoms with Crippen molar-refractivity contribution in [3.63, 3.8) is 0 Å². The highest BCUT2D eigenvalue weighted by Gasteiger charge is 2.42. The van der Waals surface area contributed by atoms with Crippen molar-refractivity contribution < 1.29 is 23.9 Å². The number of hydrogen-bond donors (Lipinski definition) is 3. The molecule has 9 nitrogen and oxygen atoms in total. The Hall–Kier alpha value is -3.54. The molecular formula is C27H40N4O5.